The second-order valence-corrected chi connectivity index (χ2v) is 9.03. The first-order chi connectivity index (χ1) is 14.7. The first kappa shape index (κ1) is 25.9. The van der Waals surface area contributed by atoms with Gasteiger partial charge in [-0.15, -0.1) is 0 Å². The third kappa shape index (κ3) is 8.64. The summed E-state index contributed by atoms with van der Waals surface area (Å²) in [5.41, 5.74) is 2.55. The van der Waals surface area contributed by atoms with Crippen LogP contribution in [-0.2, 0) is 27.2 Å². The summed E-state index contributed by atoms with van der Waals surface area (Å²) in [4.78, 5) is 0. The second kappa shape index (κ2) is 15.4. The van der Waals surface area contributed by atoms with Gasteiger partial charge in [-0.1, -0.05) is 43.7 Å². The highest BCUT2D eigenvalue weighted by Crippen LogP contribution is 2.35. The van der Waals surface area contributed by atoms with Crippen molar-refractivity contribution in [3.8, 4) is 5.75 Å². The molecule has 0 radical (unpaired) electrons. The van der Waals surface area contributed by atoms with E-state index in [1.807, 2.05) is 0 Å². The molecule has 0 aliphatic carbocycles. The van der Waals surface area contributed by atoms with E-state index in [2.05, 4.69) is 87.0 Å². The summed E-state index contributed by atoms with van der Waals surface area (Å²) in [5.74, 6) is 0.986. The van der Waals surface area contributed by atoms with Crippen LogP contribution in [0.15, 0.2) is 30.3 Å². The Morgan fingerprint density at radius 1 is 0.833 bits per heavy atom. The fourth-order valence-electron chi connectivity index (χ4n) is 3.00. The molecule has 0 saturated carbocycles. The number of hydrogen-bond acceptors (Lipinski definition) is 4. The summed E-state index contributed by atoms with van der Waals surface area (Å²) in [6, 6.07) is 10.6. The molecule has 30 heavy (non-hydrogen) atoms. The molecule has 0 N–H and O–H groups in total. The van der Waals surface area contributed by atoms with Gasteiger partial charge < -0.3 is 23.5 Å². The molecule has 0 bridgehead atoms. The molecule has 0 saturated heterocycles. The van der Waals surface area contributed by atoms with Gasteiger partial charge in [0.25, 0.3) is 0 Å². The second-order valence-electron chi connectivity index (χ2n) is 6.98. The van der Waals surface area contributed by atoms with Crippen LogP contribution in [0.25, 0.3) is 0 Å². The van der Waals surface area contributed by atoms with Gasteiger partial charge in [-0.05, 0) is 70.0 Å². The van der Waals surface area contributed by atoms with Gasteiger partial charge in [0.05, 0.1) is 23.5 Å². The molecule has 1 aromatic carbocycles. The Labute approximate surface area is 208 Å². The number of unbranched alkanes of at least 4 members (excludes halogenated alkanes) is 1. The Hall–Kier alpha value is -0.360. The van der Waals surface area contributed by atoms with Gasteiger partial charge in [0, 0.05) is 32.4 Å². The number of rotatable bonds is 16. The van der Waals surface area contributed by atoms with Crippen molar-refractivity contribution in [2.24, 2.45) is 0 Å². The van der Waals surface area contributed by atoms with Crippen LogP contribution < -0.4 is 4.74 Å². The topological polar surface area (TPSA) is 41.9 Å². The van der Waals surface area contributed by atoms with E-state index in [0.717, 1.165) is 48.5 Å². The van der Waals surface area contributed by atoms with Crippen LogP contribution in [0.4, 0.5) is 0 Å². The zero-order valence-corrected chi connectivity index (χ0v) is 22.3. The fourth-order valence-corrected chi connectivity index (χ4v) is 5.29. The van der Waals surface area contributed by atoms with Crippen molar-refractivity contribution in [2.75, 3.05) is 46.8 Å². The van der Waals surface area contributed by atoms with Crippen LogP contribution in [0.3, 0.4) is 0 Å². The molecule has 7 heteroatoms. The summed E-state index contributed by atoms with van der Waals surface area (Å²) >= 11 is 4.87. The monoisotopic (exact) mass is 641 g/mol. The molecule has 1 aromatic heterocycles. The number of benzene rings is 1. The lowest BCUT2D eigenvalue weighted by Gasteiger charge is -2.10. The first-order valence-electron chi connectivity index (χ1n) is 10.6. The summed E-state index contributed by atoms with van der Waals surface area (Å²) in [5, 5.41) is 0. The van der Waals surface area contributed by atoms with Crippen LogP contribution in [0.5, 0.6) is 5.75 Å². The van der Waals surface area contributed by atoms with Gasteiger partial charge >= 0.3 is 0 Å². The van der Waals surface area contributed by atoms with E-state index in [1.54, 1.807) is 7.11 Å². The van der Waals surface area contributed by atoms with Gasteiger partial charge in [0.2, 0.25) is 0 Å². The summed E-state index contributed by atoms with van der Waals surface area (Å²) in [6.45, 7) is 6.94. The quantitative estimate of drug-likeness (QED) is 0.179. The summed E-state index contributed by atoms with van der Waals surface area (Å²) in [7, 11) is 1.68. The van der Waals surface area contributed by atoms with Gasteiger partial charge in [-0.3, -0.25) is 0 Å². The van der Waals surface area contributed by atoms with E-state index >= 15 is 0 Å². The standard InChI is InChI=1S/C23H33I2NO4/c1-3-4-12-28-13-8-11-20-21(30-17-16-29-15-14-27-2)23(25)26(22(20)24)18-19-9-6-5-7-10-19/h5-7,9-10H,3-4,8,11-18H2,1-2H3. The molecular formula is C23H33I2NO4. The molecule has 1 heterocycles. The largest absolute Gasteiger partial charge is 0.488 e. The van der Waals surface area contributed by atoms with Crippen molar-refractivity contribution in [1.82, 2.24) is 4.57 Å². The third-order valence-electron chi connectivity index (χ3n) is 4.63. The number of ether oxygens (including phenoxy) is 4. The zero-order valence-electron chi connectivity index (χ0n) is 18.0. The summed E-state index contributed by atoms with van der Waals surface area (Å²) in [6.07, 6.45) is 4.23. The molecule has 0 unspecified atom stereocenters. The average Bonchev–Trinajstić information content (AvgIpc) is 2.98. The Balaban J connectivity index is 2.05. The SMILES string of the molecule is CCCCOCCCc1c(OCCOCCOC)c(I)n(Cc2ccccc2)c1I. The fraction of sp³-hybridized carbons (Fsp3) is 0.565. The number of halogens is 2. The predicted octanol–water partition coefficient (Wildman–Crippen LogP) is 5.54. The normalized spacial score (nSPS) is 11.2. The highest BCUT2D eigenvalue weighted by Gasteiger charge is 2.21. The van der Waals surface area contributed by atoms with Crippen LogP contribution in [0.2, 0.25) is 0 Å². The van der Waals surface area contributed by atoms with Crippen molar-refractivity contribution < 1.29 is 18.9 Å². The lowest BCUT2D eigenvalue weighted by atomic mass is 10.2. The van der Waals surface area contributed by atoms with Crippen LogP contribution >= 0.6 is 45.2 Å². The van der Waals surface area contributed by atoms with E-state index in [9.17, 15) is 0 Å². The molecule has 0 aliphatic rings. The minimum absolute atomic E-state index is 0.533. The zero-order chi connectivity index (χ0) is 21.6. The van der Waals surface area contributed by atoms with E-state index in [1.165, 1.54) is 21.2 Å². The lowest BCUT2D eigenvalue weighted by molar-refractivity contribution is 0.0541. The molecule has 168 valence electrons. The maximum absolute atomic E-state index is 6.20. The maximum Gasteiger partial charge on any atom is 0.155 e. The summed E-state index contributed by atoms with van der Waals surface area (Å²) < 4.78 is 27.3. The number of hydrogen-bond donors (Lipinski definition) is 0. The van der Waals surface area contributed by atoms with Crippen LogP contribution in [-0.4, -0.2) is 51.3 Å². The van der Waals surface area contributed by atoms with E-state index in [4.69, 9.17) is 18.9 Å². The molecule has 0 amide bonds. The molecule has 0 fully saturated rings. The molecule has 2 rings (SSSR count). The average molecular weight is 641 g/mol. The smallest absolute Gasteiger partial charge is 0.155 e. The van der Waals surface area contributed by atoms with Gasteiger partial charge in [-0.2, -0.15) is 0 Å². The van der Waals surface area contributed by atoms with Gasteiger partial charge in [-0.25, -0.2) is 0 Å². The highest BCUT2D eigenvalue weighted by atomic mass is 127. The number of methoxy groups -OCH3 is 1. The Morgan fingerprint density at radius 2 is 1.53 bits per heavy atom. The van der Waals surface area contributed by atoms with E-state index < -0.39 is 0 Å². The molecule has 0 atom stereocenters. The minimum atomic E-state index is 0.533. The minimum Gasteiger partial charge on any atom is -0.488 e. The third-order valence-corrected chi connectivity index (χ3v) is 6.94. The number of aromatic nitrogens is 1. The van der Waals surface area contributed by atoms with Crippen molar-refractivity contribution in [3.05, 3.63) is 48.9 Å². The van der Waals surface area contributed by atoms with Crippen molar-refractivity contribution >= 4 is 45.2 Å². The molecule has 2 aromatic rings. The lowest BCUT2D eigenvalue weighted by Crippen LogP contribution is -2.11. The number of nitrogens with zero attached hydrogens (tertiary/aromatic N) is 1. The Kier molecular flexibility index (Phi) is 13.3. The Bertz CT molecular complexity index is 682. The highest BCUT2D eigenvalue weighted by molar-refractivity contribution is 14.1. The van der Waals surface area contributed by atoms with E-state index in [-0.39, 0.29) is 0 Å². The molecular weight excluding hydrogens is 608 g/mol. The molecule has 0 aliphatic heterocycles. The van der Waals surface area contributed by atoms with Crippen molar-refractivity contribution in [1.29, 1.82) is 0 Å². The van der Waals surface area contributed by atoms with Gasteiger partial charge in [0.1, 0.15) is 10.3 Å². The van der Waals surface area contributed by atoms with Crippen LogP contribution in [0.1, 0.15) is 37.3 Å². The van der Waals surface area contributed by atoms with Gasteiger partial charge in [0.15, 0.2) is 5.75 Å². The Morgan fingerprint density at radius 3 is 2.27 bits per heavy atom. The van der Waals surface area contributed by atoms with E-state index in [0.29, 0.717) is 26.4 Å². The first-order valence-corrected chi connectivity index (χ1v) is 12.7. The molecule has 5 nitrogen and oxygen atoms in total. The maximum atomic E-state index is 6.20. The van der Waals surface area contributed by atoms with Crippen molar-refractivity contribution in [3.63, 3.8) is 0 Å². The van der Waals surface area contributed by atoms with Crippen molar-refractivity contribution in [2.45, 2.75) is 39.2 Å². The molecule has 0 spiro atoms. The van der Waals surface area contributed by atoms with Crippen LogP contribution in [0, 0.1) is 7.40 Å². The predicted molar refractivity (Wildman–Crippen MR) is 138 cm³/mol.